The topological polar surface area (TPSA) is 152 Å². The van der Waals surface area contributed by atoms with Gasteiger partial charge in [-0.15, -0.1) is 11.3 Å². The van der Waals surface area contributed by atoms with Crippen molar-refractivity contribution in [2.75, 3.05) is 42.3 Å². The van der Waals surface area contributed by atoms with Gasteiger partial charge in [0.15, 0.2) is 11.6 Å². The number of nitrogens with two attached hydrogens (primary N) is 1. The molecule has 1 aliphatic rings. The SMILES string of the molecule is CC(C)(O)C(=O)Nc1ccc(-c2cc3nc(-c4cnc(N)nc4)nc(N4CCOCC4)c3s2)cn1. The summed E-state index contributed by atoms with van der Waals surface area (Å²) >= 11 is 1.57. The number of pyridine rings is 1. The number of hydrogen-bond acceptors (Lipinski definition) is 11. The van der Waals surface area contributed by atoms with Crippen LogP contribution in [0.25, 0.3) is 32.0 Å². The molecule has 4 aromatic rings. The van der Waals surface area contributed by atoms with Crippen molar-refractivity contribution in [3.63, 3.8) is 0 Å². The highest BCUT2D eigenvalue weighted by Crippen LogP contribution is 2.38. The largest absolute Gasteiger partial charge is 0.381 e. The predicted octanol–water partition coefficient (Wildman–Crippen LogP) is 2.34. The van der Waals surface area contributed by atoms with Crippen LogP contribution in [-0.4, -0.2) is 67.8 Å². The summed E-state index contributed by atoms with van der Waals surface area (Å²) < 4.78 is 6.49. The molecule has 12 heteroatoms. The van der Waals surface area contributed by atoms with Crippen molar-refractivity contribution < 1.29 is 14.6 Å². The second kappa shape index (κ2) is 9.13. The molecule has 1 aliphatic heterocycles. The van der Waals surface area contributed by atoms with E-state index in [0.29, 0.717) is 30.4 Å². The molecular weight excluding hydrogens is 468 g/mol. The van der Waals surface area contributed by atoms with Gasteiger partial charge in [-0.2, -0.15) is 0 Å². The Bertz CT molecular complexity index is 1360. The van der Waals surface area contributed by atoms with E-state index < -0.39 is 11.5 Å². The third-order valence-corrected chi connectivity index (χ3v) is 6.61. The van der Waals surface area contributed by atoms with E-state index in [4.69, 9.17) is 20.4 Å². The number of rotatable bonds is 5. The molecule has 1 saturated heterocycles. The van der Waals surface area contributed by atoms with Crippen LogP contribution in [0, 0.1) is 0 Å². The van der Waals surface area contributed by atoms with E-state index in [0.717, 1.165) is 39.6 Å². The summed E-state index contributed by atoms with van der Waals surface area (Å²) in [5.41, 5.74) is 6.50. The molecule has 1 fully saturated rings. The van der Waals surface area contributed by atoms with E-state index in [1.165, 1.54) is 13.8 Å². The van der Waals surface area contributed by atoms with Gasteiger partial charge < -0.3 is 25.8 Å². The number of nitrogen functional groups attached to an aromatic ring is 1. The number of carbonyl (C=O) groups excluding carboxylic acids is 1. The molecule has 0 unspecified atom stereocenters. The molecule has 0 radical (unpaired) electrons. The highest BCUT2D eigenvalue weighted by atomic mass is 32.1. The molecule has 1 amide bonds. The van der Waals surface area contributed by atoms with Crippen LogP contribution in [0.1, 0.15) is 13.8 Å². The molecule has 0 aliphatic carbocycles. The number of amides is 1. The van der Waals surface area contributed by atoms with E-state index in [2.05, 4.69) is 25.2 Å². The first-order valence-corrected chi connectivity index (χ1v) is 11.8. The lowest BCUT2D eigenvalue weighted by molar-refractivity contribution is -0.130. The van der Waals surface area contributed by atoms with Crippen LogP contribution < -0.4 is 16.0 Å². The smallest absolute Gasteiger partial charge is 0.256 e. The van der Waals surface area contributed by atoms with Gasteiger partial charge in [-0.05, 0) is 32.0 Å². The van der Waals surface area contributed by atoms with Gasteiger partial charge in [0.1, 0.15) is 11.4 Å². The van der Waals surface area contributed by atoms with E-state index in [9.17, 15) is 9.90 Å². The highest BCUT2D eigenvalue weighted by molar-refractivity contribution is 7.22. The Morgan fingerprint density at radius 3 is 2.49 bits per heavy atom. The van der Waals surface area contributed by atoms with Gasteiger partial charge in [0, 0.05) is 42.1 Å². The van der Waals surface area contributed by atoms with Crippen LogP contribution in [0.3, 0.4) is 0 Å². The van der Waals surface area contributed by atoms with Crippen molar-refractivity contribution in [3.8, 4) is 21.8 Å². The first-order valence-electron chi connectivity index (χ1n) is 11.0. The van der Waals surface area contributed by atoms with E-state index in [1.807, 2.05) is 12.1 Å². The lowest BCUT2D eigenvalue weighted by Crippen LogP contribution is -2.36. The van der Waals surface area contributed by atoms with Crippen LogP contribution >= 0.6 is 11.3 Å². The predicted molar refractivity (Wildman–Crippen MR) is 134 cm³/mol. The van der Waals surface area contributed by atoms with Gasteiger partial charge in [0.2, 0.25) is 5.95 Å². The van der Waals surface area contributed by atoms with Gasteiger partial charge in [-0.1, -0.05) is 0 Å². The zero-order valence-electron chi connectivity index (χ0n) is 19.2. The maximum Gasteiger partial charge on any atom is 0.256 e. The Morgan fingerprint density at radius 2 is 1.83 bits per heavy atom. The number of aliphatic hydroxyl groups is 1. The summed E-state index contributed by atoms with van der Waals surface area (Å²) in [4.78, 5) is 37.3. The molecular formula is C23H24N8O3S. The Morgan fingerprint density at radius 1 is 1.11 bits per heavy atom. The molecule has 4 N–H and O–H groups in total. The second-order valence-corrected chi connectivity index (χ2v) is 9.62. The molecule has 0 spiro atoms. The van der Waals surface area contributed by atoms with Gasteiger partial charge in [0.05, 0.1) is 29.0 Å². The van der Waals surface area contributed by atoms with Crippen LogP contribution in [-0.2, 0) is 9.53 Å². The monoisotopic (exact) mass is 492 g/mol. The number of aromatic nitrogens is 5. The Kier molecular flexibility index (Phi) is 6.01. The third-order valence-electron chi connectivity index (χ3n) is 5.44. The van der Waals surface area contributed by atoms with Gasteiger partial charge in [-0.25, -0.2) is 24.9 Å². The van der Waals surface area contributed by atoms with Crippen molar-refractivity contribution in [1.29, 1.82) is 0 Å². The summed E-state index contributed by atoms with van der Waals surface area (Å²) in [5.74, 6) is 1.39. The molecule has 0 aromatic carbocycles. The summed E-state index contributed by atoms with van der Waals surface area (Å²) in [5, 5.41) is 12.4. The number of ether oxygens (including phenoxy) is 1. The highest BCUT2D eigenvalue weighted by Gasteiger charge is 2.24. The zero-order valence-corrected chi connectivity index (χ0v) is 20.0. The quantitative estimate of drug-likeness (QED) is 0.378. The first-order chi connectivity index (χ1) is 16.8. The number of hydrogen-bond donors (Lipinski definition) is 3. The lowest BCUT2D eigenvalue weighted by atomic mass is 10.1. The molecule has 4 aromatic heterocycles. The standard InChI is InChI=1S/C23H24N8O3S/c1-23(2,33)21(32)29-17-4-3-13(10-25-17)16-9-15-18(35-16)20(31-5-7-34-8-6-31)30-19(28-15)14-11-26-22(24)27-12-14/h3-4,9-12,33H,5-8H2,1-2H3,(H2,24,26,27)(H,25,29,32). The number of nitrogens with one attached hydrogen (secondary N) is 1. The average molecular weight is 493 g/mol. The van der Waals surface area contributed by atoms with Crippen molar-refractivity contribution >= 4 is 45.0 Å². The fourth-order valence-corrected chi connectivity index (χ4v) is 4.62. The van der Waals surface area contributed by atoms with E-state index in [1.54, 1.807) is 36.0 Å². The molecule has 5 heterocycles. The Hall–Kier alpha value is -3.74. The van der Waals surface area contributed by atoms with Crippen LogP contribution in [0.4, 0.5) is 17.6 Å². The average Bonchev–Trinajstić information content (AvgIpc) is 3.28. The third kappa shape index (κ3) is 4.90. The summed E-state index contributed by atoms with van der Waals surface area (Å²) in [6, 6.07) is 5.57. The molecule has 5 rings (SSSR count). The van der Waals surface area contributed by atoms with E-state index >= 15 is 0 Å². The summed E-state index contributed by atoms with van der Waals surface area (Å²) in [6.07, 6.45) is 4.91. The number of thiophene rings is 1. The molecule has 35 heavy (non-hydrogen) atoms. The second-order valence-electron chi connectivity index (χ2n) is 8.57. The minimum atomic E-state index is -1.49. The fraction of sp³-hybridized carbons (Fsp3) is 0.304. The van der Waals surface area contributed by atoms with E-state index in [-0.39, 0.29) is 5.95 Å². The summed E-state index contributed by atoms with van der Waals surface area (Å²) in [7, 11) is 0. The number of carbonyl (C=O) groups is 1. The molecule has 180 valence electrons. The lowest BCUT2D eigenvalue weighted by Gasteiger charge is -2.28. The maximum atomic E-state index is 12.0. The normalized spacial score (nSPS) is 14.3. The van der Waals surface area contributed by atoms with Gasteiger partial charge >= 0.3 is 0 Å². The first kappa shape index (κ1) is 23.0. The molecule has 0 bridgehead atoms. The number of morpholine rings is 1. The van der Waals surface area contributed by atoms with Crippen LogP contribution in [0.5, 0.6) is 0 Å². The fourth-order valence-electron chi connectivity index (χ4n) is 3.51. The number of fused-ring (bicyclic) bond motifs is 1. The summed E-state index contributed by atoms with van der Waals surface area (Å²) in [6.45, 7) is 5.57. The molecule has 0 saturated carbocycles. The molecule has 0 atom stereocenters. The van der Waals surface area contributed by atoms with Crippen molar-refractivity contribution in [2.45, 2.75) is 19.4 Å². The van der Waals surface area contributed by atoms with Gasteiger partial charge in [-0.3, -0.25) is 4.79 Å². The number of anilines is 3. The van der Waals surface area contributed by atoms with Gasteiger partial charge in [0.25, 0.3) is 5.91 Å². The Balaban J connectivity index is 1.53. The van der Waals surface area contributed by atoms with Crippen molar-refractivity contribution in [2.24, 2.45) is 0 Å². The van der Waals surface area contributed by atoms with Crippen LogP contribution in [0.2, 0.25) is 0 Å². The maximum absolute atomic E-state index is 12.0. The molecule has 11 nitrogen and oxygen atoms in total. The number of nitrogens with zero attached hydrogens (tertiary/aromatic N) is 6. The minimum Gasteiger partial charge on any atom is -0.381 e. The zero-order chi connectivity index (χ0) is 24.6. The minimum absolute atomic E-state index is 0.190. The van der Waals surface area contributed by atoms with Crippen molar-refractivity contribution in [3.05, 3.63) is 36.8 Å². The Labute approximate surface area is 205 Å². The van der Waals surface area contributed by atoms with Crippen LogP contribution in [0.15, 0.2) is 36.8 Å². The van der Waals surface area contributed by atoms with Crippen molar-refractivity contribution in [1.82, 2.24) is 24.9 Å².